The van der Waals surface area contributed by atoms with Crippen LogP contribution in [0.15, 0.2) is 24.3 Å². The van der Waals surface area contributed by atoms with Gasteiger partial charge in [-0.2, -0.15) is 0 Å². The second-order valence-electron chi connectivity index (χ2n) is 7.29. The van der Waals surface area contributed by atoms with Gasteiger partial charge >= 0.3 is 6.09 Å². The molecule has 2 saturated heterocycles. The van der Waals surface area contributed by atoms with Gasteiger partial charge in [0, 0.05) is 37.9 Å². The van der Waals surface area contributed by atoms with Crippen LogP contribution in [0.1, 0.15) is 32.6 Å². The van der Waals surface area contributed by atoms with Gasteiger partial charge in [0.1, 0.15) is 12.5 Å². The maximum Gasteiger partial charge on any atom is 0.407 e. The van der Waals surface area contributed by atoms with E-state index in [4.69, 9.17) is 9.84 Å². The maximum atomic E-state index is 10.9. The molecule has 0 radical (unpaired) electrons. The molecule has 2 heterocycles. The van der Waals surface area contributed by atoms with E-state index in [1.165, 1.54) is 17.7 Å². The molecule has 0 spiro atoms. The van der Waals surface area contributed by atoms with E-state index in [1.54, 1.807) is 0 Å². The number of ether oxygens (including phenoxy) is 1. The fourth-order valence-electron chi connectivity index (χ4n) is 3.46. The Labute approximate surface area is 149 Å². The third kappa shape index (κ3) is 5.26. The molecule has 0 aromatic heterocycles. The van der Waals surface area contributed by atoms with Gasteiger partial charge in [-0.05, 0) is 55.9 Å². The predicted octanol–water partition coefficient (Wildman–Crippen LogP) is 3.31. The zero-order chi connectivity index (χ0) is 17.6. The molecule has 0 saturated carbocycles. The maximum absolute atomic E-state index is 10.9. The van der Waals surface area contributed by atoms with Crippen molar-refractivity contribution in [1.29, 1.82) is 0 Å². The van der Waals surface area contributed by atoms with Crippen LogP contribution in [-0.2, 0) is 0 Å². The first-order valence-corrected chi connectivity index (χ1v) is 9.30. The van der Waals surface area contributed by atoms with Crippen molar-refractivity contribution in [3.63, 3.8) is 0 Å². The van der Waals surface area contributed by atoms with Crippen LogP contribution in [0.25, 0.3) is 0 Å². The number of nitrogens with zero attached hydrogens (tertiary/aromatic N) is 2. The Morgan fingerprint density at radius 1 is 1.12 bits per heavy atom. The average molecular weight is 347 g/mol. The zero-order valence-electron chi connectivity index (χ0n) is 15.0. The summed E-state index contributed by atoms with van der Waals surface area (Å²) in [5, 5.41) is 12.5. The first-order valence-electron chi connectivity index (χ1n) is 9.30. The quantitative estimate of drug-likeness (QED) is 0.855. The summed E-state index contributed by atoms with van der Waals surface area (Å²) >= 11 is 0. The number of piperidine rings is 2. The molecule has 2 fully saturated rings. The number of benzene rings is 1. The van der Waals surface area contributed by atoms with Gasteiger partial charge in [0.25, 0.3) is 0 Å². The number of anilines is 1. The van der Waals surface area contributed by atoms with E-state index in [-0.39, 0.29) is 0 Å². The largest absolute Gasteiger partial charge is 0.478 e. The van der Waals surface area contributed by atoms with Gasteiger partial charge in [-0.3, -0.25) is 4.90 Å². The van der Waals surface area contributed by atoms with Crippen molar-refractivity contribution in [1.82, 2.24) is 9.80 Å². The Bertz CT molecular complexity index is 548. The molecule has 0 bridgehead atoms. The highest BCUT2D eigenvalue weighted by Crippen LogP contribution is 2.21. The molecule has 2 N–H and O–H groups in total. The van der Waals surface area contributed by atoms with E-state index in [1.807, 2.05) is 24.3 Å². The van der Waals surface area contributed by atoms with Crippen molar-refractivity contribution in [2.75, 3.05) is 38.2 Å². The Kier molecular flexibility index (Phi) is 6.02. The van der Waals surface area contributed by atoms with E-state index in [0.29, 0.717) is 25.9 Å². The van der Waals surface area contributed by atoms with Crippen LogP contribution in [0.2, 0.25) is 0 Å². The normalized spacial score (nSPS) is 20.4. The fourth-order valence-corrected chi connectivity index (χ4v) is 3.46. The minimum Gasteiger partial charge on any atom is -0.478 e. The number of hydrogen-bond donors (Lipinski definition) is 2. The minimum absolute atomic E-state index is 0.331. The highest BCUT2D eigenvalue weighted by atomic mass is 16.5. The Morgan fingerprint density at radius 3 is 2.36 bits per heavy atom. The Morgan fingerprint density at radius 2 is 1.76 bits per heavy atom. The molecule has 6 heteroatoms. The summed E-state index contributed by atoms with van der Waals surface area (Å²) < 4.78 is 5.89. The molecule has 0 aliphatic carbocycles. The third-order valence-corrected chi connectivity index (χ3v) is 5.28. The number of amides is 1. The molecule has 6 nitrogen and oxygen atoms in total. The van der Waals surface area contributed by atoms with Crippen LogP contribution in [0.4, 0.5) is 10.5 Å². The number of likely N-dealkylation sites (tertiary alicyclic amines) is 2. The van der Waals surface area contributed by atoms with E-state index >= 15 is 0 Å². The second-order valence-corrected chi connectivity index (χ2v) is 7.29. The van der Waals surface area contributed by atoms with Gasteiger partial charge < -0.3 is 20.1 Å². The lowest BCUT2D eigenvalue weighted by Gasteiger charge is -2.31. The van der Waals surface area contributed by atoms with Crippen LogP contribution in [-0.4, -0.2) is 60.0 Å². The summed E-state index contributed by atoms with van der Waals surface area (Å²) in [7, 11) is 0. The summed E-state index contributed by atoms with van der Waals surface area (Å²) in [5.41, 5.74) is 1.06. The Balaban J connectivity index is 1.41. The molecule has 1 amide bonds. The summed E-state index contributed by atoms with van der Waals surface area (Å²) in [4.78, 5) is 14.8. The highest BCUT2D eigenvalue weighted by Gasteiger charge is 2.22. The summed E-state index contributed by atoms with van der Waals surface area (Å²) in [6.07, 6.45) is 3.39. The monoisotopic (exact) mass is 347 g/mol. The zero-order valence-corrected chi connectivity index (χ0v) is 15.0. The molecule has 25 heavy (non-hydrogen) atoms. The molecule has 0 unspecified atom stereocenters. The summed E-state index contributed by atoms with van der Waals surface area (Å²) in [6, 6.07) is 8.41. The summed E-state index contributed by atoms with van der Waals surface area (Å²) in [6.45, 7) is 6.42. The molecular formula is C19H29N3O3. The third-order valence-electron chi connectivity index (χ3n) is 5.28. The molecule has 2 aliphatic rings. The van der Waals surface area contributed by atoms with Crippen LogP contribution in [0, 0.1) is 5.92 Å². The number of rotatable bonds is 5. The van der Waals surface area contributed by atoms with Gasteiger partial charge in [-0.1, -0.05) is 6.92 Å². The van der Waals surface area contributed by atoms with Crippen LogP contribution < -0.4 is 10.1 Å². The van der Waals surface area contributed by atoms with Crippen molar-refractivity contribution in [2.24, 2.45) is 5.92 Å². The van der Waals surface area contributed by atoms with Gasteiger partial charge in [0.2, 0.25) is 0 Å². The first-order chi connectivity index (χ1) is 12.1. The van der Waals surface area contributed by atoms with Crippen molar-refractivity contribution in [3.05, 3.63) is 24.3 Å². The van der Waals surface area contributed by atoms with Crippen LogP contribution in [0.5, 0.6) is 5.75 Å². The van der Waals surface area contributed by atoms with Crippen molar-refractivity contribution in [3.8, 4) is 5.75 Å². The standard InChI is InChI=1S/C19H29N3O3/c1-15-6-10-21(11-7-15)14-25-18-4-2-16(3-5-18)20-17-8-12-22(13-9-17)19(23)24/h2-5,15,17,20H,6-14H2,1H3,(H,23,24). The first kappa shape index (κ1) is 17.9. The molecule has 2 aliphatic heterocycles. The lowest BCUT2D eigenvalue weighted by molar-refractivity contribution is 0.0914. The van der Waals surface area contributed by atoms with Gasteiger partial charge in [0.05, 0.1) is 0 Å². The van der Waals surface area contributed by atoms with Gasteiger partial charge in [0.15, 0.2) is 0 Å². The number of hydrogen-bond acceptors (Lipinski definition) is 4. The minimum atomic E-state index is -0.817. The molecule has 138 valence electrons. The molecule has 1 aromatic carbocycles. The fraction of sp³-hybridized carbons (Fsp3) is 0.632. The molecule has 1 aromatic rings. The smallest absolute Gasteiger partial charge is 0.407 e. The lowest BCUT2D eigenvalue weighted by Crippen LogP contribution is -2.41. The molecule has 0 atom stereocenters. The van der Waals surface area contributed by atoms with Gasteiger partial charge in [-0.25, -0.2) is 4.79 Å². The number of nitrogens with one attached hydrogen (secondary N) is 1. The predicted molar refractivity (Wildman–Crippen MR) is 98.2 cm³/mol. The van der Waals surface area contributed by atoms with Crippen LogP contribution in [0.3, 0.4) is 0 Å². The topological polar surface area (TPSA) is 65.0 Å². The van der Waals surface area contributed by atoms with Gasteiger partial charge in [-0.15, -0.1) is 0 Å². The van der Waals surface area contributed by atoms with E-state index < -0.39 is 6.09 Å². The summed E-state index contributed by atoms with van der Waals surface area (Å²) in [5.74, 6) is 1.73. The average Bonchev–Trinajstić information content (AvgIpc) is 2.63. The lowest BCUT2D eigenvalue weighted by atomic mass is 10.00. The van der Waals surface area contributed by atoms with Crippen molar-refractivity contribution >= 4 is 11.8 Å². The Hall–Kier alpha value is -1.95. The van der Waals surface area contributed by atoms with E-state index in [2.05, 4.69) is 17.1 Å². The van der Waals surface area contributed by atoms with Crippen molar-refractivity contribution in [2.45, 2.75) is 38.6 Å². The SMILES string of the molecule is CC1CCN(COc2ccc(NC3CCN(C(=O)O)CC3)cc2)CC1. The highest BCUT2D eigenvalue weighted by molar-refractivity contribution is 5.65. The number of carbonyl (C=O) groups is 1. The van der Waals surface area contributed by atoms with Crippen LogP contribution >= 0.6 is 0 Å². The second kappa shape index (κ2) is 8.43. The van der Waals surface area contributed by atoms with Crippen molar-refractivity contribution < 1.29 is 14.6 Å². The van der Waals surface area contributed by atoms with E-state index in [9.17, 15) is 4.79 Å². The molecular weight excluding hydrogens is 318 g/mol. The van der Waals surface area contributed by atoms with E-state index in [0.717, 1.165) is 43.3 Å². The number of carboxylic acid groups (broad SMARTS) is 1. The molecule has 3 rings (SSSR count).